The maximum Gasteiger partial charge on any atom is 0.255 e. The van der Waals surface area contributed by atoms with Crippen molar-refractivity contribution in [1.82, 2.24) is 0 Å². The Balaban J connectivity index is 1.68. The Hall–Kier alpha value is -2.69. The van der Waals surface area contributed by atoms with E-state index in [0.717, 1.165) is 13.1 Å². The number of methoxy groups -OCH3 is 2. The molecule has 1 aliphatic rings. The lowest BCUT2D eigenvalue weighted by Gasteiger charge is -2.28. The molecule has 132 valence electrons. The summed E-state index contributed by atoms with van der Waals surface area (Å²) in [6.45, 7) is 2.19. The first-order chi connectivity index (χ1) is 12.2. The molecule has 0 unspecified atom stereocenters. The van der Waals surface area contributed by atoms with Gasteiger partial charge in [0.1, 0.15) is 0 Å². The standard InChI is InChI=1S/C20H24N2O3/c1-24-18-11-8-16(14-19(18)25-2)21-20(23)15-6-9-17(10-7-15)22-12-4-3-5-13-22/h6-11,14H,3-5,12-13H2,1-2H3,(H,21,23). The quantitative estimate of drug-likeness (QED) is 0.895. The highest BCUT2D eigenvalue weighted by Crippen LogP contribution is 2.30. The third-order valence-electron chi connectivity index (χ3n) is 4.49. The number of rotatable bonds is 5. The van der Waals surface area contributed by atoms with Gasteiger partial charge in [0.15, 0.2) is 11.5 Å². The number of ether oxygens (including phenoxy) is 2. The van der Waals surface area contributed by atoms with Crippen LogP contribution < -0.4 is 19.7 Å². The van der Waals surface area contributed by atoms with Gasteiger partial charge in [-0.25, -0.2) is 0 Å². The first kappa shape index (κ1) is 17.1. The molecule has 0 atom stereocenters. The first-order valence-electron chi connectivity index (χ1n) is 8.59. The summed E-state index contributed by atoms with van der Waals surface area (Å²) in [7, 11) is 3.16. The summed E-state index contributed by atoms with van der Waals surface area (Å²) in [4.78, 5) is 14.8. The zero-order chi connectivity index (χ0) is 17.6. The molecule has 1 fully saturated rings. The largest absolute Gasteiger partial charge is 0.493 e. The van der Waals surface area contributed by atoms with Crippen LogP contribution in [0.25, 0.3) is 0 Å². The molecule has 1 saturated heterocycles. The van der Waals surface area contributed by atoms with E-state index in [2.05, 4.69) is 10.2 Å². The zero-order valence-corrected chi connectivity index (χ0v) is 14.7. The summed E-state index contributed by atoms with van der Waals surface area (Å²) >= 11 is 0. The van der Waals surface area contributed by atoms with Gasteiger partial charge >= 0.3 is 0 Å². The van der Waals surface area contributed by atoms with E-state index in [-0.39, 0.29) is 5.91 Å². The minimum absolute atomic E-state index is 0.141. The number of carbonyl (C=O) groups excluding carboxylic acids is 1. The van der Waals surface area contributed by atoms with E-state index in [1.807, 2.05) is 24.3 Å². The smallest absolute Gasteiger partial charge is 0.255 e. The van der Waals surface area contributed by atoms with Crippen molar-refractivity contribution in [3.8, 4) is 11.5 Å². The molecule has 3 rings (SSSR count). The number of benzene rings is 2. The van der Waals surface area contributed by atoms with Gasteiger partial charge in [0.05, 0.1) is 14.2 Å². The maximum absolute atomic E-state index is 12.5. The van der Waals surface area contributed by atoms with E-state index in [4.69, 9.17) is 9.47 Å². The SMILES string of the molecule is COc1ccc(NC(=O)c2ccc(N3CCCCC3)cc2)cc1OC. The predicted octanol–water partition coefficient (Wildman–Crippen LogP) is 3.95. The van der Waals surface area contributed by atoms with Crippen LogP contribution in [0.2, 0.25) is 0 Å². The minimum atomic E-state index is -0.141. The van der Waals surface area contributed by atoms with Gasteiger partial charge in [-0.15, -0.1) is 0 Å². The van der Waals surface area contributed by atoms with Crippen molar-refractivity contribution in [2.24, 2.45) is 0 Å². The highest BCUT2D eigenvalue weighted by atomic mass is 16.5. The van der Waals surface area contributed by atoms with Crippen LogP contribution in [0.15, 0.2) is 42.5 Å². The molecule has 1 N–H and O–H groups in total. The van der Waals surface area contributed by atoms with Gasteiger partial charge in [-0.05, 0) is 55.7 Å². The van der Waals surface area contributed by atoms with Gasteiger partial charge in [-0.2, -0.15) is 0 Å². The molecule has 2 aromatic carbocycles. The van der Waals surface area contributed by atoms with Crippen LogP contribution in [0.4, 0.5) is 11.4 Å². The molecule has 5 nitrogen and oxygen atoms in total. The molecule has 1 aliphatic heterocycles. The van der Waals surface area contributed by atoms with Crippen molar-refractivity contribution in [2.45, 2.75) is 19.3 Å². The molecule has 0 radical (unpaired) electrons. The Morgan fingerprint density at radius 1 is 0.920 bits per heavy atom. The summed E-state index contributed by atoms with van der Waals surface area (Å²) in [6, 6.07) is 13.1. The van der Waals surface area contributed by atoms with Crippen molar-refractivity contribution < 1.29 is 14.3 Å². The summed E-state index contributed by atoms with van der Waals surface area (Å²) in [5, 5.41) is 2.90. The Morgan fingerprint density at radius 2 is 1.60 bits per heavy atom. The van der Waals surface area contributed by atoms with E-state index in [1.165, 1.54) is 24.9 Å². The van der Waals surface area contributed by atoms with Gasteiger partial charge < -0.3 is 19.7 Å². The summed E-state index contributed by atoms with van der Waals surface area (Å²) in [5.41, 5.74) is 2.49. The monoisotopic (exact) mass is 340 g/mol. The van der Waals surface area contributed by atoms with Gasteiger partial charge in [0, 0.05) is 36.1 Å². The lowest BCUT2D eigenvalue weighted by Crippen LogP contribution is -2.29. The maximum atomic E-state index is 12.5. The average molecular weight is 340 g/mol. The van der Waals surface area contributed by atoms with E-state index >= 15 is 0 Å². The fourth-order valence-corrected chi connectivity index (χ4v) is 3.09. The lowest BCUT2D eigenvalue weighted by molar-refractivity contribution is 0.102. The number of hydrogen-bond acceptors (Lipinski definition) is 4. The number of amides is 1. The molecule has 1 heterocycles. The van der Waals surface area contributed by atoms with E-state index in [9.17, 15) is 4.79 Å². The van der Waals surface area contributed by atoms with Gasteiger partial charge in [-0.3, -0.25) is 4.79 Å². The third-order valence-corrected chi connectivity index (χ3v) is 4.49. The summed E-state index contributed by atoms with van der Waals surface area (Å²) in [5.74, 6) is 1.07. The second kappa shape index (κ2) is 7.92. The fourth-order valence-electron chi connectivity index (χ4n) is 3.09. The molecule has 0 bridgehead atoms. The van der Waals surface area contributed by atoms with Crippen molar-refractivity contribution in [3.63, 3.8) is 0 Å². The zero-order valence-electron chi connectivity index (χ0n) is 14.7. The predicted molar refractivity (Wildman–Crippen MR) is 100 cm³/mol. The Morgan fingerprint density at radius 3 is 2.24 bits per heavy atom. The number of piperidine rings is 1. The molecule has 2 aromatic rings. The number of nitrogens with zero attached hydrogens (tertiary/aromatic N) is 1. The fraction of sp³-hybridized carbons (Fsp3) is 0.350. The van der Waals surface area contributed by atoms with E-state index in [0.29, 0.717) is 22.7 Å². The number of anilines is 2. The van der Waals surface area contributed by atoms with Crippen LogP contribution in [0, 0.1) is 0 Å². The van der Waals surface area contributed by atoms with Crippen molar-refractivity contribution >= 4 is 17.3 Å². The molecule has 5 heteroatoms. The van der Waals surface area contributed by atoms with Crippen LogP contribution in [0.3, 0.4) is 0 Å². The molecular formula is C20H24N2O3. The number of nitrogens with one attached hydrogen (secondary N) is 1. The van der Waals surface area contributed by atoms with Gasteiger partial charge in [0.2, 0.25) is 0 Å². The van der Waals surface area contributed by atoms with Gasteiger partial charge in [0.25, 0.3) is 5.91 Å². The molecule has 25 heavy (non-hydrogen) atoms. The van der Waals surface area contributed by atoms with E-state index in [1.54, 1.807) is 32.4 Å². The second-order valence-electron chi connectivity index (χ2n) is 6.12. The highest BCUT2D eigenvalue weighted by Gasteiger charge is 2.13. The van der Waals surface area contributed by atoms with Crippen molar-refractivity contribution in [1.29, 1.82) is 0 Å². The molecule has 0 saturated carbocycles. The second-order valence-corrected chi connectivity index (χ2v) is 6.12. The Bertz CT molecular complexity index is 722. The highest BCUT2D eigenvalue weighted by molar-refractivity contribution is 6.04. The third kappa shape index (κ3) is 4.05. The molecule has 0 aliphatic carbocycles. The Kier molecular flexibility index (Phi) is 5.43. The van der Waals surface area contributed by atoms with Crippen LogP contribution in [-0.2, 0) is 0 Å². The Labute approximate surface area is 148 Å². The average Bonchev–Trinajstić information content (AvgIpc) is 2.68. The molecule has 0 spiro atoms. The topological polar surface area (TPSA) is 50.8 Å². The summed E-state index contributed by atoms with van der Waals surface area (Å²) < 4.78 is 10.5. The van der Waals surface area contributed by atoms with Crippen molar-refractivity contribution in [3.05, 3.63) is 48.0 Å². The van der Waals surface area contributed by atoms with Crippen molar-refractivity contribution in [2.75, 3.05) is 37.5 Å². The van der Waals surface area contributed by atoms with Crippen LogP contribution >= 0.6 is 0 Å². The van der Waals surface area contributed by atoms with E-state index < -0.39 is 0 Å². The van der Waals surface area contributed by atoms with Gasteiger partial charge in [-0.1, -0.05) is 0 Å². The van der Waals surface area contributed by atoms with Crippen LogP contribution in [0.5, 0.6) is 11.5 Å². The van der Waals surface area contributed by atoms with Crippen LogP contribution in [-0.4, -0.2) is 33.2 Å². The number of hydrogen-bond donors (Lipinski definition) is 1. The number of carbonyl (C=O) groups is 1. The molecule has 0 aromatic heterocycles. The summed E-state index contributed by atoms with van der Waals surface area (Å²) in [6.07, 6.45) is 3.78. The molecular weight excluding hydrogens is 316 g/mol. The lowest BCUT2D eigenvalue weighted by atomic mass is 10.1. The first-order valence-corrected chi connectivity index (χ1v) is 8.59. The molecule has 1 amide bonds. The minimum Gasteiger partial charge on any atom is -0.493 e. The van der Waals surface area contributed by atoms with Crippen LogP contribution in [0.1, 0.15) is 29.6 Å². The normalized spacial score (nSPS) is 14.1.